The standard InChI is InChI=1S/C23H27ClO4/c1-26-23-14-19(25)13-22(28-23)17-6-7-20(24)18(12-17)11-15-5-8-21-16(10-15)4-2-3-9-27-21/h5-8,10,12,19,22-23,25H,2-4,9,11,13-14H2,1H3. The molecule has 0 aromatic heterocycles. The molecule has 2 aliphatic rings. The van der Waals surface area contributed by atoms with Crippen molar-refractivity contribution in [1.29, 1.82) is 0 Å². The van der Waals surface area contributed by atoms with Gasteiger partial charge in [0, 0.05) is 25.0 Å². The summed E-state index contributed by atoms with van der Waals surface area (Å²) in [6.07, 6.45) is 4.16. The summed E-state index contributed by atoms with van der Waals surface area (Å²) in [5.74, 6) is 1.01. The summed E-state index contributed by atoms with van der Waals surface area (Å²) in [5.41, 5.74) is 4.59. The quantitative estimate of drug-likeness (QED) is 0.795. The third kappa shape index (κ3) is 4.52. The molecule has 3 atom stereocenters. The second-order valence-corrected chi connectivity index (χ2v) is 8.10. The number of rotatable bonds is 4. The maximum atomic E-state index is 10.1. The number of hydrogen-bond acceptors (Lipinski definition) is 4. The molecule has 2 aromatic rings. The van der Waals surface area contributed by atoms with E-state index in [9.17, 15) is 5.11 Å². The Morgan fingerprint density at radius 2 is 2.04 bits per heavy atom. The van der Waals surface area contributed by atoms with Crippen LogP contribution in [0.15, 0.2) is 36.4 Å². The van der Waals surface area contributed by atoms with Gasteiger partial charge in [0.15, 0.2) is 6.29 Å². The predicted molar refractivity (Wildman–Crippen MR) is 109 cm³/mol. The second-order valence-electron chi connectivity index (χ2n) is 7.69. The first-order chi connectivity index (χ1) is 13.6. The van der Waals surface area contributed by atoms with Crippen LogP contribution >= 0.6 is 11.6 Å². The lowest BCUT2D eigenvalue weighted by Crippen LogP contribution is -2.32. The van der Waals surface area contributed by atoms with Gasteiger partial charge in [-0.25, -0.2) is 0 Å². The molecule has 0 spiro atoms. The lowest BCUT2D eigenvalue weighted by Gasteiger charge is -2.32. The Kier molecular flexibility index (Phi) is 6.22. The molecular weight excluding hydrogens is 376 g/mol. The molecule has 4 nitrogen and oxygen atoms in total. The van der Waals surface area contributed by atoms with Crippen LogP contribution in [0.25, 0.3) is 0 Å². The number of ether oxygens (including phenoxy) is 3. The normalized spacial score (nSPS) is 24.9. The molecule has 0 saturated carbocycles. The van der Waals surface area contributed by atoms with Crippen molar-refractivity contribution < 1.29 is 19.3 Å². The smallest absolute Gasteiger partial charge is 0.160 e. The molecule has 1 saturated heterocycles. The average Bonchev–Trinajstić information content (AvgIpc) is 2.94. The lowest BCUT2D eigenvalue weighted by atomic mass is 9.95. The van der Waals surface area contributed by atoms with Crippen molar-refractivity contribution in [3.05, 3.63) is 63.7 Å². The number of halogens is 1. The van der Waals surface area contributed by atoms with E-state index >= 15 is 0 Å². The number of aliphatic hydroxyl groups excluding tert-OH is 1. The maximum Gasteiger partial charge on any atom is 0.160 e. The summed E-state index contributed by atoms with van der Waals surface area (Å²) in [6.45, 7) is 0.802. The van der Waals surface area contributed by atoms with Gasteiger partial charge < -0.3 is 19.3 Å². The molecule has 0 bridgehead atoms. The van der Waals surface area contributed by atoms with Gasteiger partial charge in [-0.3, -0.25) is 0 Å². The van der Waals surface area contributed by atoms with Gasteiger partial charge in [-0.15, -0.1) is 0 Å². The van der Waals surface area contributed by atoms with Gasteiger partial charge in [0.2, 0.25) is 0 Å². The molecule has 4 rings (SSSR count). The number of aryl methyl sites for hydroxylation is 1. The third-order valence-corrected chi connectivity index (χ3v) is 5.96. The Morgan fingerprint density at radius 3 is 2.89 bits per heavy atom. The fourth-order valence-electron chi connectivity index (χ4n) is 4.06. The average molecular weight is 403 g/mol. The molecule has 1 fully saturated rings. The van der Waals surface area contributed by atoms with E-state index in [1.54, 1.807) is 7.11 Å². The number of aliphatic hydroxyl groups is 1. The van der Waals surface area contributed by atoms with Gasteiger partial charge in [0.1, 0.15) is 5.75 Å². The number of fused-ring (bicyclic) bond motifs is 1. The van der Waals surface area contributed by atoms with Crippen LogP contribution < -0.4 is 4.74 Å². The van der Waals surface area contributed by atoms with Crippen LogP contribution in [0.4, 0.5) is 0 Å². The Labute approximate surface area is 171 Å². The van der Waals surface area contributed by atoms with Crippen LogP contribution in [0.2, 0.25) is 5.02 Å². The van der Waals surface area contributed by atoms with E-state index in [0.29, 0.717) is 12.8 Å². The van der Waals surface area contributed by atoms with Gasteiger partial charge in [-0.05, 0) is 60.1 Å². The number of hydrogen-bond donors (Lipinski definition) is 1. The molecule has 2 aliphatic heterocycles. The largest absolute Gasteiger partial charge is 0.493 e. The van der Waals surface area contributed by atoms with E-state index in [1.165, 1.54) is 11.1 Å². The molecule has 2 heterocycles. The minimum Gasteiger partial charge on any atom is -0.493 e. The summed E-state index contributed by atoms with van der Waals surface area (Å²) in [7, 11) is 1.61. The van der Waals surface area contributed by atoms with Crippen LogP contribution in [0.5, 0.6) is 5.75 Å². The Morgan fingerprint density at radius 1 is 1.14 bits per heavy atom. The summed E-state index contributed by atoms with van der Waals surface area (Å²) in [6, 6.07) is 12.4. The first-order valence-electron chi connectivity index (χ1n) is 10.0. The highest BCUT2D eigenvalue weighted by Gasteiger charge is 2.29. The zero-order valence-corrected chi connectivity index (χ0v) is 17.0. The zero-order chi connectivity index (χ0) is 19.5. The molecule has 0 radical (unpaired) electrons. The van der Waals surface area contributed by atoms with Gasteiger partial charge >= 0.3 is 0 Å². The van der Waals surface area contributed by atoms with E-state index < -0.39 is 6.10 Å². The summed E-state index contributed by atoms with van der Waals surface area (Å²) < 4.78 is 17.1. The molecule has 1 N–H and O–H groups in total. The lowest BCUT2D eigenvalue weighted by molar-refractivity contribution is -0.205. The molecule has 2 aromatic carbocycles. The van der Waals surface area contributed by atoms with Crippen LogP contribution in [0.3, 0.4) is 0 Å². The Hall–Kier alpha value is -1.59. The van der Waals surface area contributed by atoms with Crippen LogP contribution in [-0.4, -0.2) is 31.2 Å². The van der Waals surface area contributed by atoms with Crippen molar-refractivity contribution in [2.75, 3.05) is 13.7 Å². The first kappa shape index (κ1) is 19.7. The first-order valence-corrected chi connectivity index (χ1v) is 10.4. The van der Waals surface area contributed by atoms with Gasteiger partial charge in [0.05, 0.1) is 18.8 Å². The maximum absolute atomic E-state index is 10.1. The summed E-state index contributed by atoms with van der Waals surface area (Å²) >= 11 is 6.50. The summed E-state index contributed by atoms with van der Waals surface area (Å²) in [4.78, 5) is 0. The van der Waals surface area contributed by atoms with Gasteiger partial charge in [-0.1, -0.05) is 35.9 Å². The van der Waals surface area contributed by atoms with Crippen molar-refractivity contribution in [3.8, 4) is 5.75 Å². The molecule has 0 aliphatic carbocycles. The van der Waals surface area contributed by atoms with Crippen LogP contribution in [-0.2, 0) is 22.3 Å². The minimum absolute atomic E-state index is 0.190. The minimum atomic E-state index is -0.424. The van der Waals surface area contributed by atoms with E-state index in [1.807, 2.05) is 12.1 Å². The summed E-state index contributed by atoms with van der Waals surface area (Å²) in [5, 5.41) is 10.9. The van der Waals surface area contributed by atoms with Crippen LogP contribution in [0, 0.1) is 0 Å². The fourth-order valence-corrected chi connectivity index (χ4v) is 4.24. The SMILES string of the molecule is COC1CC(O)CC(c2ccc(Cl)c(Cc3ccc4c(c3)CCCCO4)c2)O1. The van der Waals surface area contributed by atoms with Crippen molar-refractivity contribution in [1.82, 2.24) is 0 Å². The van der Waals surface area contributed by atoms with E-state index in [0.717, 1.165) is 54.2 Å². The van der Waals surface area contributed by atoms with Crippen molar-refractivity contribution >= 4 is 11.6 Å². The molecular formula is C23H27ClO4. The molecule has 5 heteroatoms. The fraction of sp³-hybridized carbons (Fsp3) is 0.478. The van der Waals surface area contributed by atoms with E-state index in [2.05, 4.69) is 24.3 Å². The third-order valence-electron chi connectivity index (χ3n) is 5.59. The highest BCUT2D eigenvalue weighted by atomic mass is 35.5. The number of methoxy groups -OCH3 is 1. The van der Waals surface area contributed by atoms with Crippen molar-refractivity contribution in [3.63, 3.8) is 0 Å². The molecule has 28 heavy (non-hydrogen) atoms. The predicted octanol–water partition coefficient (Wildman–Crippen LogP) is 4.83. The second kappa shape index (κ2) is 8.83. The zero-order valence-electron chi connectivity index (χ0n) is 16.2. The van der Waals surface area contributed by atoms with Gasteiger partial charge in [0.25, 0.3) is 0 Å². The van der Waals surface area contributed by atoms with Crippen molar-refractivity contribution in [2.24, 2.45) is 0 Å². The van der Waals surface area contributed by atoms with E-state index in [4.69, 9.17) is 25.8 Å². The molecule has 0 amide bonds. The highest BCUT2D eigenvalue weighted by molar-refractivity contribution is 6.31. The van der Waals surface area contributed by atoms with E-state index in [-0.39, 0.29) is 12.4 Å². The number of benzene rings is 2. The highest BCUT2D eigenvalue weighted by Crippen LogP contribution is 2.34. The topological polar surface area (TPSA) is 47.9 Å². The van der Waals surface area contributed by atoms with Gasteiger partial charge in [-0.2, -0.15) is 0 Å². The monoisotopic (exact) mass is 402 g/mol. The molecule has 150 valence electrons. The van der Waals surface area contributed by atoms with Crippen molar-refractivity contribution in [2.45, 2.75) is 57.0 Å². The Balaban J connectivity index is 1.55. The van der Waals surface area contributed by atoms with Crippen LogP contribution in [0.1, 0.15) is 54.0 Å². The molecule has 3 unspecified atom stereocenters. The Bertz CT molecular complexity index is 822.